The Morgan fingerprint density at radius 3 is 1.71 bits per heavy atom. The molecule has 0 atom stereocenters. The molecule has 2 fully saturated rings. The van der Waals surface area contributed by atoms with Crippen LogP contribution in [0.15, 0.2) is 30.3 Å². The predicted molar refractivity (Wildman–Crippen MR) is 119 cm³/mol. The zero-order chi connectivity index (χ0) is 21.8. The molecule has 0 unspecified atom stereocenters. The van der Waals surface area contributed by atoms with Crippen molar-refractivity contribution in [3.63, 3.8) is 0 Å². The molecule has 1 aromatic heterocycles. The molecular formula is C22H30N6O3. The molecule has 0 saturated carbocycles. The van der Waals surface area contributed by atoms with E-state index in [1.807, 2.05) is 17.0 Å². The largest absolute Gasteiger partial charge is 0.497 e. The quantitative estimate of drug-likeness (QED) is 0.706. The smallest absolute Gasteiger partial charge is 0.254 e. The number of nitrogens with zero attached hydrogens (tertiary/aromatic N) is 6. The molecule has 166 valence electrons. The molecule has 2 aliphatic rings. The molecule has 2 aliphatic heterocycles. The molecule has 0 radical (unpaired) electrons. The molecule has 0 N–H and O–H groups in total. The molecule has 31 heavy (non-hydrogen) atoms. The third-order valence-electron chi connectivity index (χ3n) is 5.95. The minimum Gasteiger partial charge on any atom is -0.497 e. The number of carbonyl (C=O) groups is 1. The molecular weight excluding hydrogens is 396 g/mol. The number of piperazine rings is 2. The van der Waals surface area contributed by atoms with Crippen LogP contribution < -0.4 is 19.3 Å². The highest BCUT2D eigenvalue weighted by Gasteiger charge is 2.24. The Morgan fingerprint density at radius 1 is 0.774 bits per heavy atom. The SMILES string of the molecule is COc1cc(OC)cc(C(=O)N2CCN(c3ccc(N4CCN(C)CC4)nn3)CC2)c1. The third kappa shape index (κ3) is 4.82. The van der Waals surface area contributed by atoms with E-state index in [1.54, 1.807) is 32.4 Å². The van der Waals surface area contributed by atoms with Crippen LogP contribution >= 0.6 is 0 Å². The van der Waals surface area contributed by atoms with E-state index in [0.717, 1.165) is 50.9 Å². The van der Waals surface area contributed by atoms with Crippen LogP contribution in [-0.4, -0.2) is 99.5 Å². The molecule has 4 rings (SSSR count). The number of ether oxygens (including phenoxy) is 2. The predicted octanol–water partition coefficient (Wildman–Crippen LogP) is 1.21. The van der Waals surface area contributed by atoms with Crippen LogP contribution in [0.25, 0.3) is 0 Å². The number of likely N-dealkylation sites (N-methyl/N-ethyl adjacent to an activating group) is 1. The van der Waals surface area contributed by atoms with Crippen LogP contribution in [0, 0.1) is 0 Å². The molecule has 1 amide bonds. The fourth-order valence-corrected chi connectivity index (χ4v) is 3.94. The number of hydrogen-bond acceptors (Lipinski definition) is 8. The van der Waals surface area contributed by atoms with Crippen LogP contribution in [0.2, 0.25) is 0 Å². The highest BCUT2D eigenvalue weighted by atomic mass is 16.5. The van der Waals surface area contributed by atoms with E-state index in [2.05, 4.69) is 31.9 Å². The van der Waals surface area contributed by atoms with Crippen molar-refractivity contribution < 1.29 is 14.3 Å². The van der Waals surface area contributed by atoms with Crippen molar-refractivity contribution in [1.29, 1.82) is 0 Å². The first-order valence-corrected chi connectivity index (χ1v) is 10.6. The summed E-state index contributed by atoms with van der Waals surface area (Å²) in [5.74, 6) is 2.98. The van der Waals surface area contributed by atoms with Crippen LogP contribution in [0.4, 0.5) is 11.6 Å². The fourth-order valence-electron chi connectivity index (χ4n) is 3.94. The fraction of sp³-hybridized carbons (Fsp3) is 0.500. The second kappa shape index (κ2) is 9.38. The monoisotopic (exact) mass is 426 g/mol. The van der Waals surface area contributed by atoms with Gasteiger partial charge in [-0.15, -0.1) is 10.2 Å². The lowest BCUT2D eigenvalue weighted by atomic mass is 10.1. The summed E-state index contributed by atoms with van der Waals surface area (Å²) in [5, 5.41) is 8.90. The standard InChI is InChI=1S/C22H30N6O3/c1-25-6-8-26(9-7-25)20-4-5-21(24-23-20)27-10-12-28(13-11-27)22(29)17-14-18(30-2)16-19(15-17)31-3/h4-5,14-16H,6-13H2,1-3H3. The van der Waals surface area contributed by atoms with E-state index in [0.29, 0.717) is 30.2 Å². The minimum absolute atomic E-state index is 0.0200. The molecule has 9 nitrogen and oxygen atoms in total. The maximum Gasteiger partial charge on any atom is 0.254 e. The molecule has 1 aromatic carbocycles. The maximum absolute atomic E-state index is 13.0. The lowest BCUT2D eigenvalue weighted by molar-refractivity contribution is 0.0745. The number of benzene rings is 1. The van der Waals surface area contributed by atoms with Gasteiger partial charge in [-0.05, 0) is 31.3 Å². The summed E-state index contributed by atoms with van der Waals surface area (Å²) < 4.78 is 10.6. The number of methoxy groups -OCH3 is 2. The summed E-state index contributed by atoms with van der Waals surface area (Å²) in [6.07, 6.45) is 0. The van der Waals surface area contributed by atoms with Gasteiger partial charge in [0.25, 0.3) is 5.91 Å². The molecule has 2 aromatic rings. The third-order valence-corrected chi connectivity index (χ3v) is 5.95. The summed E-state index contributed by atoms with van der Waals surface area (Å²) in [6, 6.07) is 9.34. The van der Waals surface area contributed by atoms with Gasteiger partial charge in [-0.2, -0.15) is 0 Å². The highest BCUT2D eigenvalue weighted by molar-refractivity contribution is 5.95. The van der Waals surface area contributed by atoms with E-state index in [4.69, 9.17) is 9.47 Å². The van der Waals surface area contributed by atoms with Crippen LogP contribution in [0.1, 0.15) is 10.4 Å². The Labute approximate surface area is 183 Å². The Morgan fingerprint density at radius 2 is 1.26 bits per heavy atom. The van der Waals surface area contributed by atoms with Crippen molar-refractivity contribution >= 4 is 17.5 Å². The van der Waals surface area contributed by atoms with Crippen molar-refractivity contribution in [2.24, 2.45) is 0 Å². The Balaban J connectivity index is 1.36. The molecule has 0 bridgehead atoms. The number of carbonyl (C=O) groups excluding carboxylic acids is 1. The minimum atomic E-state index is -0.0200. The average Bonchev–Trinajstić information content (AvgIpc) is 2.84. The van der Waals surface area contributed by atoms with E-state index in [-0.39, 0.29) is 5.91 Å². The lowest BCUT2D eigenvalue weighted by Crippen LogP contribution is -2.49. The Hall–Kier alpha value is -3.07. The number of anilines is 2. The van der Waals surface area contributed by atoms with Crippen molar-refractivity contribution in [1.82, 2.24) is 20.0 Å². The number of amides is 1. The normalized spacial score (nSPS) is 17.6. The summed E-state index contributed by atoms with van der Waals surface area (Å²) >= 11 is 0. The topological polar surface area (TPSA) is 74.3 Å². The Kier molecular flexibility index (Phi) is 6.41. The van der Waals surface area contributed by atoms with E-state index in [1.165, 1.54) is 0 Å². The number of rotatable bonds is 5. The van der Waals surface area contributed by atoms with Gasteiger partial charge in [0.2, 0.25) is 0 Å². The summed E-state index contributed by atoms with van der Waals surface area (Å²) in [5.41, 5.74) is 0.570. The van der Waals surface area contributed by atoms with Gasteiger partial charge in [-0.25, -0.2) is 0 Å². The molecule has 2 saturated heterocycles. The maximum atomic E-state index is 13.0. The Bertz CT molecular complexity index is 868. The van der Waals surface area contributed by atoms with Crippen LogP contribution in [0.3, 0.4) is 0 Å². The second-order valence-electron chi connectivity index (χ2n) is 7.92. The molecule has 0 aliphatic carbocycles. The average molecular weight is 427 g/mol. The van der Waals surface area contributed by atoms with Gasteiger partial charge in [0.15, 0.2) is 11.6 Å². The van der Waals surface area contributed by atoms with Crippen LogP contribution in [-0.2, 0) is 0 Å². The first-order chi connectivity index (χ1) is 15.1. The van der Waals surface area contributed by atoms with Crippen LogP contribution in [0.5, 0.6) is 11.5 Å². The van der Waals surface area contributed by atoms with Gasteiger partial charge in [0, 0.05) is 64.0 Å². The van der Waals surface area contributed by atoms with E-state index in [9.17, 15) is 4.79 Å². The van der Waals surface area contributed by atoms with Gasteiger partial charge in [-0.1, -0.05) is 0 Å². The zero-order valence-electron chi connectivity index (χ0n) is 18.5. The van der Waals surface area contributed by atoms with E-state index < -0.39 is 0 Å². The highest BCUT2D eigenvalue weighted by Crippen LogP contribution is 2.24. The summed E-state index contributed by atoms with van der Waals surface area (Å²) in [7, 11) is 5.30. The molecule has 0 spiro atoms. The van der Waals surface area contributed by atoms with Crippen molar-refractivity contribution in [2.45, 2.75) is 0 Å². The van der Waals surface area contributed by atoms with Gasteiger partial charge in [0.05, 0.1) is 14.2 Å². The van der Waals surface area contributed by atoms with E-state index >= 15 is 0 Å². The first-order valence-electron chi connectivity index (χ1n) is 10.6. The number of hydrogen-bond donors (Lipinski definition) is 0. The van der Waals surface area contributed by atoms with Gasteiger partial charge in [0.1, 0.15) is 11.5 Å². The lowest BCUT2D eigenvalue weighted by Gasteiger charge is -2.36. The summed E-state index contributed by atoms with van der Waals surface area (Å²) in [4.78, 5) is 21.6. The van der Waals surface area contributed by atoms with Crippen molar-refractivity contribution in [3.8, 4) is 11.5 Å². The van der Waals surface area contributed by atoms with Gasteiger partial charge in [-0.3, -0.25) is 4.79 Å². The molecule has 3 heterocycles. The van der Waals surface area contributed by atoms with Gasteiger partial charge < -0.3 is 29.1 Å². The van der Waals surface area contributed by atoms with Crippen molar-refractivity contribution in [2.75, 3.05) is 83.4 Å². The second-order valence-corrected chi connectivity index (χ2v) is 7.92. The van der Waals surface area contributed by atoms with Crippen molar-refractivity contribution in [3.05, 3.63) is 35.9 Å². The first kappa shape index (κ1) is 21.2. The summed E-state index contributed by atoms with van der Waals surface area (Å²) in [6.45, 7) is 6.71. The van der Waals surface area contributed by atoms with Gasteiger partial charge >= 0.3 is 0 Å². The molecule has 9 heteroatoms. The number of aromatic nitrogens is 2. The zero-order valence-corrected chi connectivity index (χ0v) is 18.5.